The molecular formula is C19H18F3N3O3. The molecule has 0 bridgehead atoms. The van der Waals surface area contributed by atoms with Gasteiger partial charge in [-0.15, -0.1) is 0 Å². The number of carbonyl (C=O) groups is 3. The maximum absolute atomic E-state index is 12.7. The van der Waals surface area contributed by atoms with Crippen LogP contribution in [0.15, 0.2) is 48.5 Å². The smallest absolute Gasteiger partial charge is 0.326 e. The fourth-order valence-electron chi connectivity index (χ4n) is 2.40. The Morgan fingerprint density at radius 1 is 0.857 bits per heavy atom. The van der Waals surface area contributed by atoms with Crippen molar-refractivity contribution in [3.63, 3.8) is 0 Å². The number of rotatable bonds is 5. The molecule has 28 heavy (non-hydrogen) atoms. The molecule has 0 fully saturated rings. The zero-order chi connectivity index (χ0) is 20.9. The van der Waals surface area contributed by atoms with E-state index >= 15 is 0 Å². The first-order valence-corrected chi connectivity index (χ1v) is 8.19. The molecule has 2 rings (SSSR count). The highest BCUT2D eigenvalue weighted by atomic mass is 19.4. The van der Waals surface area contributed by atoms with Crippen molar-refractivity contribution in [3.05, 3.63) is 54.1 Å². The molecule has 9 heteroatoms. The normalized spacial score (nSPS) is 10.9. The third-order valence-corrected chi connectivity index (χ3v) is 3.68. The number of benzene rings is 2. The number of amides is 3. The van der Waals surface area contributed by atoms with Gasteiger partial charge in [-0.3, -0.25) is 14.4 Å². The predicted molar refractivity (Wildman–Crippen MR) is 98.8 cm³/mol. The van der Waals surface area contributed by atoms with Gasteiger partial charge < -0.3 is 15.5 Å². The molecule has 0 atom stereocenters. The van der Waals surface area contributed by atoms with Crippen molar-refractivity contribution in [2.24, 2.45) is 0 Å². The fraction of sp³-hybridized carbons (Fsp3) is 0.211. The molecule has 3 amide bonds. The van der Waals surface area contributed by atoms with Gasteiger partial charge in [0.2, 0.25) is 17.7 Å². The van der Waals surface area contributed by atoms with E-state index in [0.717, 1.165) is 29.2 Å². The van der Waals surface area contributed by atoms with Crippen LogP contribution < -0.4 is 15.5 Å². The Labute approximate surface area is 159 Å². The van der Waals surface area contributed by atoms with Crippen LogP contribution in [0, 0.1) is 0 Å². The van der Waals surface area contributed by atoms with Gasteiger partial charge >= 0.3 is 6.18 Å². The summed E-state index contributed by atoms with van der Waals surface area (Å²) in [7, 11) is 0. The molecule has 0 aliphatic rings. The fourth-order valence-corrected chi connectivity index (χ4v) is 2.40. The number of anilines is 3. The maximum atomic E-state index is 12.7. The minimum absolute atomic E-state index is 0.177. The van der Waals surface area contributed by atoms with Crippen LogP contribution in [0.4, 0.5) is 30.2 Å². The molecule has 0 radical (unpaired) electrons. The van der Waals surface area contributed by atoms with Crippen molar-refractivity contribution in [1.29, 1.82) is 0 Å². The van der Waals surface area contributed by atoms with Gasteiger partial charge in [0.15, 0.2) is 0 Å². The average Bonchev–Trinajstić information content (AvgIpc) is 2.60. The second kappa shape index (κ2) is 8.55. The number of hydrogen-bond donors (Lipinski definition) is 2. The topological polar surface area (TPSA) is 78.5 Å². The van der Waals surface area contributed by atoms with Gasteiger partial charge in [0, 0.05) is 30.9 Å². The zero-order valence-corrected chi connectivity index (χ0v) is 15.1. The molecule has 0 aromatic heterocycles. The lowest BCUT2D eigenvalue weighted by atomic mass is 10.2. The predicted octanol–water partition coefficient (Wildman–Crippen LogP) is 3.66. The Hall–Kier alpha value is -3.36. The molecular weight excluding hydrogens is 375 g/mol. The van der Waals surface area contributed by atoms with Gasteiger partial charge in [-0.2, -0.15) is 13.2 Å². The molecule has 0 saturated carbocycles. The summed E-state index contributed by atoms with van der Waals surface area (Å²) in [5.41, 5.74) is 0.329. The second-order valence-electron chi connectivity index (χ2n) is 5.96. The standard InChI is InChI=1S/C19H18F3N3O3/c1-12(26)23-15-5-7-16(8-6-15)24-18(28)11-25(13(2)27)17-9-3-14(4-10-17)19(20,21)22/h3-10H,11H2,1-2H3,(H,23,26)(H,24,28). The van der Waals surface area contributed by atoms with E-state index < -0.39 is 23.6 Å². The summed E-state index contributed by atoms with van der Waals surface area (Å²) in [5.74, 6) is -1.25. The van der Waals surface area contributed by atoms with Gasteiger partial charge in [0.05, 0.1) is 5.56 Å². The number of carbonyl (C=O) groups excluding carboxylic acids is 3. The lowest BCUT2D eigenvalue weighted by Crippen LogP contribution is -2.36. The quantitative estimate of drug-likeness (QED) is 0.814. The number of alkyl halides is 3. The van der Waals surface area contributed by atoms with E-state index in [1.165, 1.54) is 13.8 Å². The minimum Gasteiger partial charge on any atom is -0.326 e. The summed E-state index contributed by atoms with van der Waals surface area (Å²) in [4.78, 5) is 36.1. The number of hydrogen-bond acceptors (Lipinski definition) is 3. The third-order valence-electron chi connectivity index (χ3n) is 3.68. The SMILES string of the molecule is CC(=O)Nc1ccc(NC(=O)CN(C(C)=O)c2ccc(C(F)(F)F)cc2)cc1. The van der Waals surface area contributed by atoms with Crippen molar-refractivity contribution in [2.45, 2.75) is 20.0 Å². The third kappa shape index (κ3) is 5.83. The molecule has 0 unspecified atom stereocenters. The summed E-state index contributed by atoms with van der Waals surface area (Å²) >= 11 is 0. The molecule has 0 saturated heterocycles. The molecule has 2 N–H and O–H groups in total. The number of nitrogens with zero attached hydrogens (tertiary/aromatic N) is 1. The lowest BCUT2D eigenvalue weighted by Gasteiger charge is -2.21. The molecule has 0 spiro atoms. The maximum Gasteiger partial charge on any atom is 0.416 e. The Morgan fingerprint density at radius 2 is 1.36 bits per heavy atom. The molecule has 0 aliphatic carbocycles. The highest BCUT2D eigenvalue weighted by molar-refractivity contribution is 6.02. The van der Waals surface area contributed by atoms with Crippen LogP contribution in [0.2, 0.25) is 0 Å². The number of nitrogens with one attached hydrogen (secondary N) is 2. The first-order valence-electron chi connectivity index (χ1n) is 8.19. The van der Waals surface area contributed by atoms with Crippen LogP contribution in [-0.4, -0.2) is 24.3 Å². The van der Waals surface area contributed by atoms with Crippen LogP contribution in [0.3, 0.4) is 0 Å². The van der Waals surface area contributed by atoms with Gasteiger partial charge in [-0.25, -0.2) is 0 Å². The number of halogens is 3. The van der Waals surface area contributed by atoms with E-state index in [1.54, 1.807) is 24.3 Å². The summed E-state index contributed by atoms with van der Waals surface area (Å²) in [6.45, 7) is 2.22. The average molecular weight is 393 g/mol. The van der Waals surface area contributed by atoms with Gasteiger partial charge in [-0.1, -0.05) is 0 Å². The van der Waals surface area contributed by atoms with Crippen molar-refractivity contribution in [2.75, 3.05) is 22.1 Å². The Balaban J connectivity index is 2.06. The van der Waals surface area contributed by atoms with E-state index in [4.69, 9.17) is 0 Å². The molecule has 2 aromatic carbocycles. The molecule has 0 heterocycles. The monoisotopic (exact) mass is 393 g/mol. The summed E-state index contributed by atoms with van der Waals surface area (Å²) in [6, 6.07) is 10.3. The van der Waals surface area contributed by atoms with E-state index in [9.17, 15) is 27.6 Å². The van der Waals surface area contributed by atoms with E-state index in [-0.39, 0.29) is 18.1 Å². The first-order chi connectivity index (χ1) is 13.1. The van der Waals surface area contributed by atoms with Crippen LogP contribution in [0.5, 0.6) is 0 Å². The van der Waals surface area contributed by atoms with E-state index in [0.29, 0.717) is 11.4 Å². The highest BCUT2D eigenvalue weighted by Gasteiger charge is 2.30. The Kier molecular flexibility index (Phi) is 6.40. The molecule has 148 valence electrons. The lowest BCUT2D eigenvalue weighted by molar-refractivity contribution is -0.137. The van der Waals surface area contributed by atoms with Crippen LogP contribution >= 0.6 is 0 Å². The largest absolute Gasteiger partial charge is 0.416 e. The summed E-state index contributed by atoms with van der Waals surface area (Å²) in [6.07, 6.45) is -4.49. The summed E-state index contributed by atoms with van der Waals surface area (Å²) in [5, 5.41) is 5.17. The first kappa shape index (κ1) is 20.9. The highest BCUT2D eigenvalue weighted by Crippen LogP contribution is 2.30. The zero-order valence-electron chi connectivity index (χ0n) is 15.1. The second-order valence-corrected chi connectivity index (χ2v) is 5.96. The van der Waals surface area contributed by atoms with Gasteiger partial charge in [0.25, 0.3) is 0 Å². The van der Waals surface area contributed by atoms with Crippen molar-refractivity contribution in [1.82, 2.24) is 0 Å². The van der Waals surface area contributed by atoms with E-state index in [1.807, 2.05) is 0 Å². The van der Waals surface area contributed by atoms with Crippen molar-refractivity contribution < 1.29 is 27.6 Å². The van der Waals surface area contributed by atoms with Crippen molar-refractivity contribution in [3.8, 4) is 0 Å². The molecule has 6 nitrogen and oxygen atoms in total. The van der Waals surface area contributed by atoms with E-state index in [2.05, 4.69) is 10.6 Å². The van der Waals surface area contributed by atoms with Crippen molar-refractivity contribution >= 4 is 34.8 Å². The van der Waals surface area contributed by atoms with Gasteiger partial charge in [-0.05, 0) is 48.5 Å². The van der Waals surface area contributed by atoms with Crippen LogP contribution in [0.25, 0.3) is 0 Å². The molecule has 2 aromatic rings. The summed E-state index contributed by atoms with van der Waals surface area (Å²) < 4.78 is 38.0. The van der Waals surface area contributed by atoms with Gasteiger partial charge in [0.1, 0.15) is 6.54 Å². The Morgan fingerprint density at radius 3 is 1.79 bits per heavy atom. The minimum atomic E-state index is -4.49. The Bertz CT molecular complexity index is 863. The molecule has 0 aliphatic heterocycles. The van der Waals surface area contributed by atoms with Crippen LogP contribution in [0.1, 0.15) is 19.4 Å². The van der Waals surface area contributed by atoms with Crippen LogP contribution in [-0.2, 0) is 20.6 Å².